The normalized spacial score (nSPS) is 11.0. The van der Waals surface area contributed by atoms with Crippen LogP contribution in [0.3, 0.4) is 0 Å². The number of furan rings is 1. The van der Waals surface area contributed by atoms with Gasteiger partial charge in [-0.3, -0.25) is 14.2 Å². The van der Waals surface area contributed by atoms with Crippen LogP contribution < -0.4 is 10.9 Å². The molecule has 5 aromatic rings. The molecule has 0 unspecified atom stereocenters. The third-order valence-corrected chi connectivity index (χ3v) is 6.86. The zero-order valence-corrected chi connectivity index (χ0v) is 19.1. The number of rotatable bonds is 7. The topological polar surface area (TPSA) is 77.1 Å². The van der Waals surface area contributed by atoms with Crippen molar-refractivity contribution < 1.29 is 9.21 Å². The van der Waals surface area contributed by atoms with E-state index in [1.165, 1.54) is 23.1 Å². The Hall–Kier alpha value is -3.62. The fourth-order valence-corrected chi connectivity index (χ4v) is 5.31. The van der Waals surface area contributed by atoms with E-state index in [0.29, 0.717) is 33.4 Å². The summed E-state index contributed by atoms with van der Waals surface area (Å²) < 4.78 is 6.84. The maximum absolute atomic E-state index is 13.7. The third-order valence-electron chi connectivity index (χ3n) is 5.05. The summed E-state index contributed by atoms with van der Waals surface area (Å²) in [6.45, 7) is 0.315. The van der Waals surface area contributed by atoms with Crippen molar-refractivity contribution >= 4 is 39.2 Å². The molecule has 0 aliphatic carbocycles. The van der Waals surface area contributed by atoms with Crippen LogP contribution in [0.5, 0.6) is 0 Å². The Bertz CT molecular complexity index is 1440. The lowest BCUT2D eigenvalue weighted by Gasteiger charge is -2.12. The van der Waals surface area contributed by atoms with E-state index in [1.54, 1.807) is 23.0 Å². The highest BCUT2D eigenvalue weighted by molar-refractivity contribution is 7.99. The molecule has 2 aromatic carbocycles. The van der Waals surface area contributed by atoms with Crippen LogP contribution in [0.15, 0.2) is 98.8 Å². The fraction of sp³-hybridized carbons (Fsp3) is 0.0800. The SMILES string of the molecule is O=C(CSc1nc2scc(-c3ccccc3)c2c(=O)n1-c1ccccc1)NCc1ccco1. The van der Waals surface area contributed by atoms with Gasteiger partial charge >= 0.3 is 0 Å². The number of carbonyl (C=O) groups excluding carboxylic acids is 1. The molecule has 0 spiro atoms. The number of carbonyl (C=O) groups is 1. The molecule has 164 valence electrons. The highest BCUT2D eigenvalue weighted by atomic mass is 32.2. The number of amides is 1. The van der Waals surface area contributed by atoms with Crippen LogP contribution in [0, 0.1) is 0 Å². The maximum atomic E-state index is 13.7. The predicted molar refractivity (Wildman–Crippen MR) is 132 cm³/mol. The molecule has 1 amide bonds. The molecule has 1 N–H and O–H groups in total. The first-order valence-electron chi connectivity index (χ1n) is 10.3. The third kappa shape index (κ3) is 4.48. The van der Waals surface area contributed by atoms with E-state index in [2.05, 4.69) is 5.32 Å². The second kappa shape index (κ2) is 9.48. The smallest absolute Gasteiger partial charge is 0.268 e. The zero-order valence-electron chi connectivity index (χ0n) is 17.4. The molecule has 3 heterocycles. The average molecular weight is 474 g/mol. The van der Waals surface area contributed by atoms with Crippen molar-refractivity contribution in [3.8, 4) is 16.8 Å². The van der Waals surface area contributed by atoms with E-state index < -0.39 is 0 Å². The van der Waals surface area contributed by atoms with Crippen molar-refractivity contribution in [3.05, 3.63) is 101 Å². The lowest BCUT2D eigenvalue weighted by molar-refractivity contribution is -0.118. The van der Waals surface area contributed by atoms with Crippen molar-refractivity contribution in [1.82, 2.24) is 14.9 Å². The van der Waals surface area contributed by atoms with E-state index in [-0.39, 0.29) is 17.2 Å². The van der Waals surface area contributed by atoms with Crippen molar-refractivity contribution in [2.45, 2.75) is 11.7 Å². The molecule has 0 fully saturated rings. The van der Waals surface area contributed by atoms with Gasteiger partial charge in [-0.25, -0.2) is 4.98 Å². The summed E-state index contributed by atoms with van der Waals surface area (Å²) in [5.41, 5.74) is 2.40. The Kier molecular flexibility index (Phi) is 6.10. The lowest BCUT2D eigenvalue weighted by atomic mass is 10.1. The number of thiophene rings is 1. The number of fused-ring (bicyclic) bond motifs is 1. The zero-order chi connectivity index (χ0) is 22.6. The van der Waals surface area contributed by atoms with Gasteiger partial charge in [0.1, 0.15) is 10.6 Å². The molecule has 0 atom stereocenters. The van der Waals surface area contributed by atoms with Crippen LogP contribution in [-0.2, 0) is 11.3 Å². The average Bonchev–Trinajstić information content (AvgIpc) is 3.53. The maximum Gasteiger partial charge on any atom is 0.268 e. The number of aromatic nitrogens is 2. The quantitative estimate of drug-likeness (QED) is 0.262. The summed E-state index contributed by atoms with van der Waals surface area (Å²) in [5, 5.41) is 5.86. The monoisotopic (exact) mass is 473 g/mol. The van der Waals surface area contributed by atoms with Crippen LogP contribution in [0.2, 0.25) is 0 Å². The van der Waals surface area contributed by atoms with Gasteiger partial charge in [-0.2, -0.15) is 0 Å². The first-order valence-corrected chi connectivity index (χ1v) is 12.1. The van der Waals surface area contributed by atoms with Gasteiger partial charge in [0.05, 0.1) is 29.6 Å². The number of nitrogens with zero attached hydrogens (tertiary/aromatic N) is 2. The minimum atomic E-state index is -0.165. The summed E-state index contributed by atoms with van der Waals surface area (Å²) in [4.78, 5) is 31.6. The Balaban J connectivity index is 1.51. The van der Waals surface area contributed by atoms with Gasteiger partial charge in [0.25, 0.3) is 5.56 Å². The Labute approximate surface area is 197 Å². The van der Waals surface area contributed by atoms with Crippen molar-refractivity contribution in [1.29, 1.82) is 0 Å². The molecule has 3 aromatic heterocycles. The number of para-hydroxylation sites is 1. The van der Waals surface area contributed by atoms with Gasteiger partial charge in [-0.05, 0) is 29.8 Å². The number of thioether (sulfide) groups is 1. The molecule has 0 saturated carbocycles. The number of hydrogen-bond donors (Lipinski definition) is 1. The first kappa shape index (κ1) is 21.2. The van der Waals surface area contributed by atoms with E-state index in [0.717, 1.165) is 11.1 Å². The van der Waals surface area contributed by atoms with Gasteiger partial charge in [0.15, 0.2) is 5.16 Å². The fourth-order valence-electron chi connectivity index (χ4n) is 3.48. The minimum Gasteiger partial charge on any atom is -0.467 e. The van der Waals surface area contributed by atoms with Gasteiger partial charge in [-0.15, -0.1) is 11.3 Å². The minimum absolute atomic E-state index is 0.127. The van der Waals surface area contributed by atoms with Crippen LogP contribution in [0.25, 0.3) is 27.0 Å². The molecule has 0 radical (unpaired) electrons. The first-order chi connectivity index (χ1) is 16.2. The van der Waals surface area contributed by atoms with E-state index in [9.17, 15) is 9.59 Å². The summed E-state index contributed by atoms with van der Waals surface area (Å²) >= 11 is 2.67. The second-order valence-corrected chi connectivity index (χ2v) is 9.01. The molecule has 0 saturated heterocycles. The summed E-state index contributed by atoms with van der Waals surface area (Å²) in [6, 6.07) is 22.8. The Morgan fingerprint density at radius 1 is 1.03 bits per heavy atom. The highest BCUT2D eigenvalue weighted by Gasteiger charge is 2.19. The molecule has 0 aliphatic rings. The molecule has 6 nitrogen and oxygen atoms in total. The Morgan fingerprint density at radius 2 is 1.79 bits per heavy atom. The van der Waals surface area contributed by atoms with Gasteiger partial charge in [0.2, 0.25) is 5.91 Å². The second-order valence-electron chi connectivity index (χ2n) is 7.21. The molecule has 0 bridgehead atoms. The van der Waals surface area contributed by atoms with E-state index in [4.69, 9.17) is 9.40 Å². The highest BCUT2D eigenvalue weighted by Crippen LogP contribution is 2.32. The van der Waals surface area contributed by atoms with Gasteiger partial charge < -0.3 is 9.73 Å². The Morgan fingerprint density at radius 3 is 2.52 bits per heavy atom. The number of hydrogen-bond acceptors (Lipinski definition) is 6. The number of benzene rings is 2. The van der Waals surface area contributed by atoms with Crippen LogP contribution in [0.1, 0.15) is 5.76 Å². The molecule has 5 rings (SSSR count). The molecule has 8 heteroatoms. The summed E-state index contributed by atoms with van der Waals surface area (Å²) in [5.74, 6) is 0.644. The van der Waals surface area contributed by atoms with Crippen LogP contribution in [-0.4, -0.2) is 21.2 Å². The van der Waals surface area contributed by atoms with E-state index in [1.807, 2.05) is 66.0 Å². The molecule has 33 heavy (non-hydrogen) atoms. The van der Waals surface area contributed by atoms with Crippen molar-refractivity contribution in [2.24, 2.45) is 0 Å². The van der Waals surface area contributed by atoms with Crippen molar-refractivity contribution in [2.75, 3.05) is 5.75 Å². The molecular weight excluding hydrogens is 454 g/mol. The van der Waals surface area contributed by atoms with E-state index >= 15 is 0 Å². The van der Waals surface area contributed by atoms with Crippen LogP contribution in [0.4, 0.5) is 0 Å². The molecule has 0 aliphatic heterocycles. The standard InChI is InChI=1S/C25H19N3O3S2/c29-21(26-14-19-12-7-13-31-19)16-33-25-27-23-22(20(15-32-23)17-8-3-1-4-9-17)24(30)28(25)18-10-5-2-6-11-18/h1-13,15H,14,16H2,(H,26,29). The van der Waals surface area contributed by atoms with Gasteiger partial charge in [0, 0.05) is 10.9 Å². The van der Waals surface area contributed by atoms with Gasteiger partial charge in [-0.1, -0.05) is 60.3 Å². The largest absolute Gasteiger partial charge is 0.467 e. The summed E-state index contributed by atoms with van der Waals surface area (Å²) in [7, 11) is 0. The van der Waals surface area contributed by atoms with Crippen molar-refractivity contribution in [3.63, 3.8) is 0 Å². The summed E-state index contributed by atoms with van der Waals surface area (Å²) in [6.07, 6.45) is 1.57. The number of nitrogens with one attached hydrogen (secondary N) is 1. The molecular formula is C25H19N3O3S2. The predicted octanol–water partition coefficient (Wildman–Crippen LogP) is 5.12. The lowest BCUT2D eigenvalue weighted by Crippen LogP contribution is -2.26. The van der Waals surface area contributed by atoms with Crippen LogP contribution >= 0.6 is 23.1 Å².